The number of ether oxygens (including phenoxy) is 1. The van der Waals surface area contributed by atoms with Crippen molar-refractivity contribution in [2.75, 3.05) is 13.2 Å². The normalized spacial score (nSPS) is 12.5. The lowest BCUT2D eigenvalue weighted by Crippen LogP contribution is -2.36. The highest BCUT2D eigenvalue weighted by molar-refractivity contribution is 5.67. The summed E-state index contributed by atoms with van der Waals surface area (Å²) in [4.78, 5) is 23.1. The van der Waals surface area contributed by atoms with Crippen LogP contribution in [0.2, 0.25) is 0 Å². The number of aromatic nitrogens is 2. The van der Waals surface area contributed by atoms with Gasteiger partial charge in [0.2, 0.25) is 5.88 Å². The maximum absolute atomic E-state index is 12.3. The van der Waals surface area contributed by atoms with E-state index in [0.717, 1.165) is 38.5 Å². The Morgan fingerprint density at radius 3 is 2.14 bits per heavy atom. The molecule has 0 aromatic carbocycles. The first-order valence-electron chi connectivity index (χ1n) is 10.3. The number of aryl methyl sites for hydroxylation is 1. The summed E-state index contributed by atoms with van der Waals surface area (Å²) in [5, 5.41) is 19.0. The van der Waals surface area contributed by atoms with Crippen LogP contribution >= 0.6 is 0 Å². The van der Waals surface area contributed by atoms with Crippen molar-refractivity contribution in [1.82, 2.24) is 9.13 Å². The topological polar surface area (TPSA) is 93.7 Å². The zero-order valence-corrected chi connectivity index (χ0v) is 18.2. The van der Waals surface area contributed by atoms with Crippen molar-refractivity contribution in [1.29, 1.82) is 0 Å². The fourth-order valence-corrected chi connectivity index (χ4v) is 3.56. The van der Waals surface area contributed by atoms with Crippen LogP contribution in [0.4, 0.5) is 0 Å². The number of carbonyl (C=O) groups is 1. The predicted octanol–water partition coefficient (Wildman–Crippen LogP) is 3.97. The second kappa shape index (κ2) is 10.7. The minimum atomic E-state index is -0.744. The van der Waals surface area contributed by atoms with Crippen LogP contribution < -0.4 is 5.69 Å². The van der Waals surface area contributed by atoms with E-state index in [4.69, 9.17) is 9.84 Å². The standard InChI is InChI=1S/C21H38N2O5/c1-6-22-16-17(24)23(19(22)27)21(4,5)12-8-10-14-28-13-9-7-11-20(2,3)15-18(25)26/h16,24H,6-15H2,1-5H3,(H,25,26). The molecule has 0 saturated heterocycles. The van der Waals surface area contributed by atoms with Crippen LogP contribution in [-0.2, 0) is 21.6 Å². The molecule has 7 heteroatoms. The van der Waals surface area contributed by atoms with E-state index in [2.05, 4.69) is 0 Å². The van der Waals surface area contributed by atoms with Crippen molar-refractivity contribution in [2.24, 2.45) is 5.41 Å². The summed E-state index contributed by atoms with van der Waals surface area (Å²) < 4.78 is 8.66. The first-order valence-corrected chi connectivity index (χ1v) is 10.3. The van der Waals surface area contributed by atoms with Crippen LogP contribution in [0.1, 0.15) is 79.6 Å². The van der Waals surface area contributed by atoms with Gasteiger partial charge in [0.25, 0.3) is 0 Å². The molecule has 0 atom stereocenters. The van der Waals surface area contributed by atoms with E-state index in [1.807, 2.05) is 34.6 Å². The molecule has 28 heavy (non-hydrogen) atoms. The third-order valence-electron chi connectivity index (χ3n) is 5.23. The van der Waals surface area contributed by atoms with Gasteiger partial charge in [-0.3, -0.25) is 13.9 Å². The van der Waals surface area contributed by atoms with E-state index in [1.54, 1.807) is 0 Å². The molecule has 1 rings (SSSR count). The van der Waals surface area contributed by atoms with Gasteiger partial charge in [-0.1, -0.05) is 20.3 Å². The van der Waals surface area contributed by atoms with Gasteiger partial charge >= 0.3 is 11.7 Å². The summed E-state index contributed by atoms with van der Waals surface area (Å²) >= 11 is 0. The number of nitrogens with zero attached hydrogens (tertiary/aromatic N) is 2. The molecule has 0 bridgehead atoms. The third-order valence-corrected chi connectivity index (χ3v) is 5.23. The number of carboxylic acid groups (broad SMARTS) is 1. The number of unbranched alkanes of at least 4 members (excludes halogenated alkanes) is 2. The molecule has 1 aromatic rings. The molecular weight excluding hydrogens is 360 g/mol. The summed E-state index contributed by atoms with van der Waals surface area (Å²) in [6, 6.07) is 0. The zero-order chi connectivity index (χ0) is 21.4. The minimum Gasteiger partial charge on any atom is -0.493 e. The molecule has 0 spiro atoms. The lowest BCUT2D eigenvalue weighted by Gasteiger charge is -2.26. The Labute approximate surface area is 168 Å². The summed E-state index contributed by atoms with van der Waals surface area (Å²) in [6.45, 7) is 11.7. The number of carboxylic acids is 1. The van der Waals surface area contributed by atoms with Gasteiger partial charge in [0.15, 0.2) is 0 Å². The molecule has 0 saturated carbocycles. The molecule has 0 aliphatic carbocycles. The zero-order valence-electron chi connectivity index (χ0n) is 18.2. The van der Waals surface area contributed by atoms with Gasteiger partial charge in [0.1, 0.15) is 0 Å². The van der Waals surface area contributed by atoms with E-state index in [0.29, 0.717) is 19.8 Å². The molecule has 0 aliphatic rings. The van der Waals surface area contributed by atoms with Crippen molar-refractivity contribution >= 4 is 5.97 Å². The fourth-order valence-electron chi connectivity index (χ4n) is 3.56. The van der Waals surface area contributed by atoms with E-state index < -0.39 is 11.5 Å². The quantitative estimate of drug-likeness (QED) is 0.463. The molecule has 1 aromatic heterocycles. The van der Waals surface area contributed by atoms with Crippen LogP contribution in [0.5, 0.6) is 5.88 Å². The van der Waals surface area contributed by atoms with E-state index >= 15 is 0 Å². The van der Waals surface area contributed by atoms with Crippen LogP contribution in [-0.4, -0.2) is 38.5 Å². The Morgan fingerprint density at radius 1 is 1.07 bits per heavy atom. The first kappa shape index (κ1) is 24.3. The highest BCUT2D eigenvalue weighted by atomic mass is 16.5. The fraction of sp³-hybridized carbons (Fsp3) is 0.810. The van der Waals surface area contributed by atoms with Gasteiger partial charge in [-0.2, -0.15) is 0 Å². The average molecular weight is 399 g/mol. The maximum Gasteiger partial charge on any atom is 0.331 e. The van der Waals surface area contributed by atoms with Crippen molar-refractivity contribution in [3.05, 3.63) is 16.7 Å². The summed E-state index contributed by atoms with van der Waals surface area (Å²) in [5.74, 6) is -0.732. The predicted molar refractivity (Wildman–Crippen MR) is 110 cm³/mol. The minimum absolute atomic E-state index is 0.0129. The van der Waals surface area contributed by atoms with Crippen LogP contribution in [0.15, 0.2) is 11.0 Å². The number of hydrogen-bond acceptors (Lipinski definition) is 4. The molecule has 162 valence electrons. The summed E-state index contributed by atoms with van der Waals surface area (Å²) in [7, 11) is 0. The Balaban J connectivity index is 2.23. The van der Waals surface area contributed by atoms with Crippen molar-refractivity contribution in [3.63, 3.8) is 0 Å². The molecule has 0 aliphatic heterocycles. The average Bonchev–Trinajstić information content (AvgIpc) is 2.86. The first-order chi connectivity index (χ1) is 13.0. The van der Waals surface area contributed by atoms with E-state index in [1.165, 1.54) is 15.3 Å². The molecule has 0 unspecified atom stereocenters. The van der Waals surface area contributed by atoms with Crippen molar-refractivity contribution in [3.8, 4) is 5.88 Å². The Bertz CT molecular complexity index is 673. The van der Waals surface area contributed by atoms with Crippen LogP contribution in [0, 0.1) is 5.41 Å². The maximum atomic E-state index is 12.3. The molecule has 1 heterocycles. The van der Waals surface area contributed by atoms with Gasteiger partial charge in [0, 0.05) is 25.3 Å². The van der Waals surface area contributed by atoms with Gasteiger partial charge in [-0.25, -0.2) is 4.79 Å². The number of aliphatic carboxylic acids is 1. The number of aromatic hydroxyl groups is 1. The number of imidazole rings is 1. The Kier molecular flexibility index (Phi) is 9.27. The van der Waals surface area contributed by atoms with Gasteiger partial charge in [-0.15, -0.1) is 0 Å². The highest BCUT2D eigenvalue weighted by Crippen LogP contribution is 2.27. The number of rotatable bonds is 14. The number of hydrogen-bond donors (Lipinski definition) is 2. The summed E-state index contributed by atoms with van der Waals surface area (Å²) in [6.07, 6.45) is 7.05. The van der Waals surface area contributed by atoms with Crippen molar-refractivity contribution < 1.29 is 19.7 Å². The molecule has 0 radical (unpaired) electrons. The second-order valence-corrected chi connectivity index (χ2v) is 8.97. The van der Waals surface area contributed by atoms with Gasteiger partial charge in [0.05, 0.1) is 12.6 Å². The Hall–Kier alpha value is -1.76. The smallest absolute Gasteiger partial charge is 0.331 e. The van der Waals surface area contributed by atoms with Crippen molar-refractivity contribution in [2.45, 2.75) is 91.6 Å². The SMILES string of the molecule is CCn1cc(O)n(C(C)(C)CCCCOCCCCC(C)(C)CC(=O)O)c1=O. The largest absolute Gasteiger partial charge is 0.493 e. The van der Waals surface area contributed by atoms with Gasteiger partial charge in [-0.05, 0) is 58.3 Å². The molecule has 0 amide bonds. The molecular formula is C21H38N2O5. The lowest BCUT2D eigenvalue weighted by atomic mass is 9.84. The van der Waals surface area contributed by atoms with E-state index in [9.17, 15) is 14.7 Å². The van der Waals surface area contributed by atoms with Crippen LogP contribution in [0.25, 0.3) is 0 Å². The lowest BCUT2D eigenvalue weighted by molar-refractivity contribution is -0.139. The molecule has 0 fully saturated rings. The third kappa shape index (κ3) is 7.70. The second-order valence-electron chi connectivity index (χ2n) is 8.97. The summed E-state index contributed by atoms with van der Waals surface area (Å²) in [5.41, 5.74) is -0.790. The van der Waals surface area contributed by atoms with Gasteiger partial charge < -0.3 is 14.9 Å². The molecule has 7 nitrogen and oxygen atoms in total. The van der Waals surface area contributed by atoms with Crippen LogP contribution in [0.3, 0.4) is 0 Å². The Morgan fingerprint density at radius 2 is 1.64 bits per heavy atom. The highest BCUT2D eigenvalue weighted by Gasteiger charge is 2.26. The van der Waals surface area contributed by atoms with E-state index in [-0.39, 0.29) is 23.4 Å². The monoisotopic (exact) mass is 398 g/mol. The molecule has 2 N–H and O–H groups in total.